The fourth-order valence-corrected chi connectivity index (χ4v) is 3.49. The van der Waals surface area contributed by atoms with Gasteiger partial charge in [0, 0.05) is 5.41 Å². The van der Waals surface area contributed by atoms with Crippen molar-refractivity contribution >= 4 is 15.6 Å². The van der Waals surface area contributed by atoms with Gasteiger partial charge in [-0.15, -0.1) is 0 Å². The van der Waals surface area contributed by atoms with Gasteiger partial charge in [-0.1, -0.05) is 6.92 Å². The molecule has 1 aliphatic rings. The van der Waals surface area contributed by atoms with Gasteiger partial charge in [-0.3, -0.25) is 4.79 Å². The van der Waals surface area contributed by atoms with E-state index >= 15 is 0 Å². The van der Waals surface area contributed by atoms with Crippen LogP contribution in [-0.2, 0) is 14.6 Å². The van der Waals surface area contributed by atoms with Crippen molar-refractivity contribution in [3.8, 4) is 0 Å². The van der Waals surface area contributed by atoms with Crippen LogP contribution in [0.4, 0.5) is 0 Å². The number of carbonyl (C=O) groups excluding carboxylic acids is 1. The first-order valence-corrected chi connectivity index (χ1v) is 6.45. The molecule has 1 heterocycles. The summed E-state index contributed by atoms with van der Waals surface area (Å²) in [4.78, 5) is 11.4. The maximum absolute atomic E-state index is 11.4. The number of hydrogen-bond acceptors (Lipinski definition) is 3. The van der Waals surface area contributed by atoms with E-state index < -0.39 is 9.84 Å². The predicted molar refractivity (Wildman–Crippen MR) is 51.3 cm³/mol. The van der Waals surface area contributed by atoms with Crippen molar-refractivity contribution in [2.24, 2.45) is 5.41 Å². The van der Waals surface area contributed by atoms with Crippen molar-refractivity contribution in [3.05, 3.63) is 0 Å². The van der Waals surface area contributed by atoms with Crippen LogP contribution in [0.1, 0.15) is 33.1 Å². The molecule has 0 atom stereocenters. The van der Waals surface area contributed by atoms with E-state index in [1.807, 2.05) is 6.92 Å². The molecule has 4 heteroatoms. The Morgan fingerprint density at radius 3 is 2.08 bits per heavy atom. The summed E-state index contributed by atoms with van der Waals surface area (Å²) in [5.41, 5.74) is -0.342. The quantitative estimate of drug-likeness (QED) is 0.678. The van der Waals surface area contributed by atoms with E-state index in [0.717, 1.165) is 6.42 Å². The molecule has 0 spiro atoms. The Bertz CT molecular complexity index is 289. The van der Waals surface area contributed by atoms with E-state index in [1.54, 1.807) is 6.92 Å². The normalized spacial score (nSPS) is 25.4. The van der Waals surface area contributed by atoms with Crippen molar-refractivity contribution in [2.45, 2.75) is 33.1 Å². The zero-order valence-electron chi connectivity index (χ0n) is 8.17. The second-order valence-corrected chi connectivity index (χ2v) is 6.15. The molecule has 13 heavy (non-hydrogen) atoms. The van der Waals surface area contributed by atoms with Crippen LogP contribution in [0.2, 0.25) is 0 Å². The molecule has 1 saturated heterocycles. The lowest BCUT2D eigenvalue weighted by molar-refractivity contribution is -0.127. The lowest BCUT2D eigenvalue weighted by Crippen LogP contribution is -2.38. The average Bonchev–Trinajstić information content (AvgIpc) is 2.05. The van der Waals surface area contributed by atoms with Crippen molar-refractivity contribution in [3.63, 3.8) is 0 Å². The van der Waals surface area contributed by atoms with E-state index in [-0.39, 0.29) is 22.7 Å². The molecule has 0 aromatic rings. The number of sulfone groups is 1. The number of rotatable bonds is 2. The van der Waals surface area contributed by atoms with Crippen LogP contribution in [0.15, 0.2) is 0 Å². The molecule has 0 unspecified atom stereocenters. The standard InChI is InChI=1S/C9H16O3S/c1-3-9(8(2)10)4-6-13(11,12)7-5-9/h3-7H2,1-2H3. The fourth-order valence-electron chi connectivity index (χ4n) is 1.88. The topological polar surface area (TPSA) is 51.2 Å². The van der Waals surface area contributed by atoms with Crippen LogP contribution in [-0.4, -0.2) is 25.7 Å². The highest BCUT2D eigenvalue weighted by atomic mass is 32.2. The van der Waals surface area contributed by atoms with E-state index in [1.165, 1.54) is 0 Å². The van der Waals surface area contributed by atoms with Crippen molar-refractivity contribution in [1.29, 1.82) is 0 Å². The zero-order chi connectivity index (χ0) is 10.1. The first-order chi connectivity index (χ1) is 5.92. The molecule has 0 aromatic carbocycles. The second kappa shape index (κ2) is 3.40. The van der Waals surface area contributed by atoms with Gasteiger partial charge in [0.2, 0.25) is 0 Å². The zero-order valence-corrected chi connectivity index (χ0v) is 8.99. The Balaban J connectivity index is 2.81. The molecular weight excluding hydrogens is 188 g/mol. The minimum atomic E-state index is -2.85. The molecule has 76 valence electrons. The number of ketones is 1. The molecule has 0 bridgehead atoms. The molecule has 3 nitrogen and oxygen atoms in total. The van der Waals surface area contributed by atoms with Gasteiger partial charge in [-0.25, -0.2) is 8.42 Å². The molecule has 1 fully saturated rings. The smallest absolute Gasteiger partial charge is 0.150 e. The Hall–Kier alpha value is -0.380. The third-order valence-corrected chi connectivity index (χ3v) is 4.86. The molecule has 0 saturated carbocycles. The molecule has 0 aliphatic carbocycles. The molecule has 0 radical (unpaired) electrons. The van der Waals surface area contributed by atoms with Crippen LogP contribution in [0, 0.1) is 5.41 Å². The van der Waals surface area contributed by atoms with Crippen LogP contribution in [0.5, 0.6) is 0 Å². The van der Waals surface area contributed by atoms with Crippen molar-refractivity contribution in [1.82, 2.24) is 0 Å². The van der Waals surface area contributed by atoms with Crippen LogP contribution in [0.25, 0.3) is 0 Å². The van der Waals surface area contributed by atoms with Gasteiger partial charge < -0.3 is 0 Å². The van der Waals surface area contributed by atoms with Gasteiger partial charge in [0.1, 0.15) is 15.6 Å². The minimum absolute atomic E-state index is 0.143. The Labute approximate surface area is 79.4 Å². The van der Waals surface area contributed by atoms with Gasteiger partial charge in [0.05, 0.1) is 11.5 Å². The average molecular weight is 204 g/mol. The van der Waals surface area contributed by atoms with E-state index in [9.17, 15) is 13.2 Å². The Kier molecular flexibility index (Phi) is 2.80. The highest BCUT2D eigenvalue weighted by Gasteiger charge is 2.39. The monoisotopic (exact) mass is 204 g/mol. The summed E-state index contributed by atoms with van der Waals surface area (Å²) < 4.78 is 22.3. The maximum atomic E-state index is 11.4. The minimum Gasteiger partial charge on any atom is -0.299 e. The van der Waals surface area contributed by atoms with Crippen molar-refractivity contribution in [2.75, 3.05) is 11.5 Å². The number of carbonyl (C=O) groups is 1. The van der Waals surface area contributed by atoms with E-state index in [4.69, 9.17) is 0 Å². The molecule has 0 amide bonds. The summed E-state index contributed by atoms with van der Waals surface area (Å²) in [6, 6.07) is 0. The van der Waals surface area contributed by atoms with E-state index in [2.05, 4.69) is 0 Å². The summed E-state index contributed by atoms with van der Waals surface area (Å²) in [6.07, 6.45) is 1.79. The molecule has 0 aromatic heterocycles. The predicted octanol–water partition coefficient (Wildman–Crippen LogP) is 1.18. The van der Waals surface area contributed by atoms with Crippen LogP contribution >= 0.6 is 0 Å². The van der Waals surface area contributed by atoms with Gasteiger partial charge in [0.25, 0.3) is 0 Å². The molecular formula is C9H16O3S. The SMILES string of the molecule is CCC1(C(C)=O)CCS(=O)(=O)CC1. The van der Waals surface area contributed by atoms with Gasteiger partial charge >= 0.3 is 0 Å². The summed E-state index contributed by atoms with van der Waals surface area (Å²) >= 11 is 0. The summed E-state index contributed by atoms with van der Waals surface area (Å²) in [5.74, 6) is 0.505. The highest BCUT2D eigenvalue weighted by Crippen LogP contribution is 2.36. The highest BCUT2D eigenvalue weighted by molar-refractivity contribution is 7.91. The first-order valence-electron chi connectivity index (χ1n) is 4.63. The Morgan fingerprint density at radius 2 is 1.77 bits per heavy atom. The maximum Gasteiger partial charge on any atom is 0.150 e. The number of hydrogen-bond donors (Lipinski definition) is 0. The van der Waals surface area contributed by atoms with Gasteiger partial charge in [0.15, 0.2) is 0 Å². The fraction of sp³-hybridized carbons (Fsp3) is 0.889. The summed E-state index contributed by atoms with van der Waals surface area (Å²) in [7, 11) is -2.85. The lowest BCUT2D eigenvalue weighted by atomic mass is 9.76. The summed E-state index contributed by atoms with van der Waals surface area (Å²) in [5, 5.41) is 0. The first kappa shape index (κ1) is 10.7. The molecule has 0 N–H and O–H groups in total. The lowest BCUT2D eigenvalue weighted by Gasteiger charge is -2.33. The largest absolute Gasteiger partial charge is 0.299 e. The van der Waals surface area contributed by atoms with Gasteiger partial charge in [-0.05, 0) is 26.2 Å². The number of Topliss-reactive ketones (excluding diaryl/α,β-unsaturated/α-hetero) is 1. The van der Waals surface area contributed by atoms with Crippen molar-refractivity contribution < 1.29 is 13.2 Å². The summed E-state index contributed by atoms with van der Waals surface area (Å²) in [6.45, 7) is 3.53. The van der Waals surface area contributed by atoms with Gasteiger partial charge in [-0.2, -0.15) is 0 Å². The van der Waals surface area contributed by atoms with Crippen LogP contribution < -0.4 is 0 Å². The molecule has 1 rings (SSSR count). The third-order valence-electron chi connectivity index (χ3n) is 3.21. The molecule has 1 aliphatic heterocycles. The van der Waals surface area contributed by atoms with E-state index in [0.29, 0.717) is 12.8 Å². The van der Waals surface area contributed by atoms with Crippen LogP contribution in [0.3, 0.4) is 0 Å². The third kappa shape index (κ3) is 2.10. The second-order valence-electron chi connectivity index (χ2n) is 3.84. The Morgan fingerprint density at radius 1 is 1.31 bits per heavy atom.